The van der Waals surface area contributed by atoms with Gasteiger partial charge in [-0.25, -0.2) is 4.79 Å². The van der Waals surface area contributed by atoms with Crippen molar-refractivity contribution in [3.8, 4) is 0 Å². The normalized spacial score (nSPS) is 14.3. The highest BCUT2D eigenvalue weighted by molar-refractivity contribution is 6.74. The van der Waals surface area contributed by atoms with Crippen LogP contribution in [0.4, 0.5) is 0 Å². The first-order chi connectivity index (χ1) is 8.94. The molecule has 0 bridgehead atoms. The van der Waals surface area contributed by atoms with Gasteiger partial charge in [0.2, 0.25) is 0 Å². The topological polar surface area (TPSA) is 64.3 Å². The van der Waals surface area contributed by atoms with Crippen molar-refractivity contribution in [2.75, 3.05) is 0 Å². The van der Waals surface area contributed by atoms with Gasteiger partial charge >= 0.3 is 5.97 Å². The van der Waals surface area contributed by atoms with Crippen LogP contribution in [0.3, 0.4) is 0 Å². The third-order valence-electron chi connectivity index (χ3n) is 3.85. The average Bonchev–Trinajstić information content (AvgIpc) is 2.56. The van der Waals surface area contributed by atoms with Crippen LogP contribution in [0.25, 0.3) is 0 Å². The van der Waals surface area contributed by atoms with E-state index in [1.807, 2.05) is 6.92 Å². The second-order valence-electron chi connectivity index (χ2n) is 6.85. The van der Waals surface area contributed by atoms with Gasteiger partial charge in [-0.3, -0.25) is 4.68 Å². The molecular formula is C14H26N2O3Si. The first-order valence-electron chi connectivity index (χ1n) is 6.89. The molecule has 0 aromatic carbocycles. The Morgan fingerprint density at radius 3 is 2.50 bits per heavy atom. The summed E-state index contributed by atoms with van der Waals surface area (Å²) in [4.78, 5) is 11.2. The van der Waals surface area contributed by atoms with E-state index in [-0.39, 0.29) is 16.8 Å². The van der Waals surface area contributed by atoms with Gasteiger partial charge in [0, 0.05) is 0 Å². The molecule has 0 fully saturated rings. The van der Waals surface area contributed by atoms with Crippen LogP contribution in [0, 0.1) is 6.92 Å². The van der Waals surface area contributed by atoms with Gasteiger partial charge in [0.15, 0.2) is 8.32 Å². The Kier molecular flexibility index (Phi) is 4.81. The molecule has 5 nitrogen and oxygen atoms in total. The number of aryl methyl sites for hydroxylation is 1. The summed E-state index contributed by atoms with van der Waals surface area (Å²) >= 11 is 0. The smallest absolute Gasteiger partial charge is 0.354 e. The summed E-state index contributed by atoms with van der Waals surface area (Å²) in [5.41, 5.74) is 0.926. The number of carbonyl (C=O) groups is 1. The third-order valence-corrected chi connectivity index (χ3v) is 8.46. The Morgan fingerprint density at radius 1 is 1.50 bits per heavy atom. The summed E-state index contributed by atoms with van der Waals surface area (Å²) in [5, 5.41) is 13.5. The predicted molar refractivity (Wildman–Crippen MR) is 81.7 cm³/mol. The summed E-state index contributed by atoms with van der Waals surface area (Å²) in [6.07, 6.45) is -0.0618. The molecule has 0 saturated heterocycles. The van der Waals surface area contributed by atoms with Gasteiger partial charge in [-0.15, -0.1) is 0 Å². The fraction of sp³-hybridized carbons (Fsp3) is 0.714. The maximum absolute atomic E-state index is 11.2. The number of aromatic nitrogens is 2. The minimum absolute atomic E-state index is 0.0618. The Morgan fingerprint density at radius 2 is 2.05 bits per heavy atom. The van der Waals surface area contributed by atoms with Crippen LogP contribution < -0.4 is 0 Å². The first-order valence-corrected chi connectivity index (χ1v) is 9.80. The van der Waals surface area contributed by atoms with Gasteiger partial charge in [0.25, 0.3) is 0 Å². The van der Waals surface area contributed by atoms with Crippen LogP contribution in [-0.2, 0) is 11.0 Å². The fourth-order valence-electron chi connectivity index (χ4n) is 1.82. The molecule has 1 N–H and O–H groups in total. The maximum Gasteiger partial charge on any atom is 0.354 e. The molecule has 1 rings (SSSR count). The van der Waals surface area contributed by atoms with Crippen molar-refractivity contribution in [1.29, 1.82) is 0 Å². The molecule has 0 aliphatic rings. The van der Waals surface area contributed by atoms with E-state index in [1.165, 1.54) is 4.68 Å². The third kappa shape index (κ3) is 3.93. The lowest BCUT2D eigenvalue weighted by molar-refractivity contribution is 0.0678. The molecule has 1 aromatic heterocycles. The highest BCUT2D eigenvalue weighted by Crippen LogP contribution is 2.37. The van der Waals surface area contributed by atoms with Crippen LogP contribution in [0.5, 0.6) is 0 Å². The van der Waals surface area contributed by atoms with E-state index in [4.69, 9.17) is 9.53 Å². The number of hydrogen-bond donors (Lipinski definition) is 1. The molecule has 0 spiro atoms. The van der Waals surface area contributed by atoms with Crippen LogP contribution >= 0.6 is 0 Å². The molecule has 0 amide bonds. The zero-order chi connectivity index (χ0) is 15.7. The Hall–Kier alpha value is -1.14. The Labute approximate surface area is 122 Å². The minimum atomic E-state index is -1.85. The van der Waals surface area contributed by atoms with Crippen molar-refractivity contribution in [3.05, 3.63) is 17.5 Å². The number of rotatable bonds is 5. The molecule has 0 aliphatic heterocycles. The van der Waals surface area contributed by atoms with Crippen LogP contribution in [0.1, 0.15) is 43.9 Å². The molecule has 1 atom stereocenters. The lowest BCUT2D eigenvalue weighted by Crippen LogP contribution is -2.44. The van der Waals surface area contributed by atoms with Crippen molar-refractivity contribution in [1.82, 2.24) is 9.78 Å². The van der Waals surface area contributed by atoms with E-state index >= 15 is 0 Å². The van der Waals surface area contributed by atoms with E-state index in [1.54, 1.807) is 13.0 Å². The summed E-state index contributed by atoms with van der Waals surface area (Å²) in [6, 6.07) is 1.58. The quantitative estimate of drug-likeness (QED) is 0.847. The lowest BCUT2D eigenvalue weighted by Gasteiger charge is -2.38. The second-order valence-corrected chi connectivity index (χ2v) is 11.6. The van der Waals surface area contributed by atoms with E-state index in [2.05, 4.69) is 39.0 Å². The molecule has 0 unspecified atom stereocenters. The van der Waals surface area contributed by atoms with Gasteiger partial charge in [0.1, 0.15) is 5.69 Å². The minimum Gasteiger partial charge on any atom is -0.477 e. The molecule has 1 aromatic rings. The van der Waals surface area contributed by atoms with Gasteiger partial charge in [-0.05, 0) is 38.0 Å². The Balaban J connectivity index is 2.82. The van der Waals surface area contributed by atoms with Gasteiger partial charge in [-0.2, -0.15) is 5.10 Å². The van der Waals surface area contributed by atoms with Crippen LogP contribution in [-0.4, -0.2) is 35.3 Å². The average molecular weight is 298 g/mol. The number of nitrogens with zero attached hydrogens (tertiary/aromatic N) is 2. The lowest BCUT2D eigenvalue weighted by atomic mass is 10.2. The standard InChI is InChI=1S/C14H26N2O3Si/c1-10-8-12(13(17)18)16(15-10)9-11(2)19-20(6,7)14(3,4)5/h8,11H,9H2,1-7H3,(H,17,18)/t11-/m0/s1. The summed E-state index contributed by atoms with van der Waals surface area (Å²) < 4.78 is 7.76. The number of aromatic carboxylic acids is 1. The van der Waals surface area contributed by atoms with Gasteiger partial charge in [0.05, 0.1) is 18.3 Å². The summed E-state index contributed by atoms with van der Waals surface area (Å²) in [5.74, 6) is -0.954. The number of carboxylic acid groups (broad SMARTS) is 1. The molecule has 114 valence electrons. The zero-order valence-electron chi connectivity index (χ0n) is 13.5. The molecule has 1 heterocycles. The van der Waals surface area contributed by atoms with Crippen molar-refractivity contribution in [3.63, 3.8) is 0 Å². The Bertz CT molecular complexity index is 489. The largest absolute Gasteiger partial charge is 0.477 e. The summed E-state index contributed by atoms with van der Waals surface area (Å²) in [7, 11) is -1.85. The highest BCUT2D eigenvalue weighted by atomic mass is 28.4. The van der Waals surface area contributed by atoms with E-state index in [9.17, 15) is 4.79 Å². The van der Waals surface area contributed by atoms with E-state index in [0.717, 1.165) is 0 Å². The van der Waals surface area contributed by atoms with E-state index in [0.29, 0.717) is 12.2 Å². The van der Waals surface area contributed by atoms with Crippen molar-refractivity contribution in [2.24, 2.45) is 0 Å². The van der Waals surface area contributed by atoms with Crippen molar-refractivity contribution in [2.45, 2.75) is 65.4 Å². The second kappa shape index (κ2) is 5.69. The highest BCUT2D eigenvalue weighted by Gasteiger charge is 2.38. The fourth-order valence-corrected chi connectivity index (χ4v) is 3.25. The van der Waals surface area contributed by atoms with Gasteiger partial charge < -0.3 is 9.53 Å². The molecule has 0 aliphatic carbocycles. The predicted octanol–water partition coefficient (Wildman–Crippen LogP) is 3.30. The van der Waals surface area contributed by atoms with E-state index < -0.39 is 14.3 Å². The summed E-state index contributed by atoms with van der Waals surface area (Å²) in [6.45, 7) is 15.2. The monoisotopic (exact) mass is 298 g/mol. The molecule has 6 heteroatoms. The molecule has 20 heavy (non-hydrogen) atoms. The van der Waals surface area contributed by atoms with Crippen molar-refractivity contribution >= 4 is 14.3 Å². The van der Waals surface area contributed by atoms with Crippen LogP contribution in [0.2, 0.25) is 18.1 Å². The first kappa shape index (κ1) is 16.9. The molecule has 0 saturated carbocycles. The zero-order valence-corrected chi connectivity index (χ0v) is 14.5. The van der Waals surface area contributed by atoms with Gasteiger partial charge in [-0.1, -0.05) is 20.8 Å². The maximum atomic E-state index is 11.2. The van der Waals surface area contributed by atoms with Crippen molar-refractivity contribution < 1.29 is 14.3 Å². The van der Waals surface area contributed by atoms with Crippen LogP contribution in [0.15, 0.2) is 6.07 Å². The number of hydrogen-bond acceptors (Lipinski definition) is 3. The molecular weight excluding hydrogens is 272 g/mol. The number of carboxylic acids is 1. The SMILES string of the molecule is Cc1cc(C(=O)O)n(C[C@H](C)O[Si](C)(C)C(C)(C)C)n1. The molecule has 0 radical (unpaired) electrons.